The molecule has 0 unspecified atom stereocenters. The zero-order chi connectivity index (χ0) is 20.3. The van der Waals surface area contributed by atoms with Gasteiger partial charge in [-0.2, -0.15) is 0 Å². The van der Waals surface area contributed by atoms with Crippen molar-refractivity contribution in [1.82, 2.24) is 0 Å². The van der Waals surface area contributed by atoms with Crippen LogP contribution < -0.4 is 10.1 Å². The summed E-state index contributed by atoms with van der Waals surface area (Å²) in [6.45, 7) is 7.15. The lowest BCUT2D eigenvalue weighted by molar-refractivity contribution is -0.229. The molecule has 3 aliphatic rings. The molecule has 0 spiro atoms. The first-order chi connectivity index (χ1) is 13.1. The van der Waals surface area contributed by atoms with Crippen molar-refractivity contribution < 1.29 is 33.2 Å². The van der Waals surface area contributed by atoms with E-state index in [2.05, 4.69) is 5.32 Å². The van der Waals surface area contributed by atoms with Gasteiger partial charge in [0.15, 0.2) is 24.0 Å². The summed E-state index contributed by atoms with van der Waals surface area (Å²) in [6.07, 6.45) is -3.36. The topological polar surface area (TPSA) is 84.5 Å². The third kappa shape index (κ3) is 3.60. The number of hydrogen-bond donors (Lipinski definition) is 1. The van der Waals surface area contributed by atoms with Crippen LogP contribution >= 0.6 is 11.6 Å². The molecule has 3 saturated heterocycles. The fourth-order valence-electron chi connectivity index (χ4n) is 3.81. The largest absolute Gasteiger partial charge is 0.495 e. The van der Waals surface area contributed by atoms with Crippen LogP contribution in [0, 0.1) is 0 Å². The molecule has 3 heterocycles. The van der Waals surface area contributed by atoms with Gasteiger partial charge in [-0.25, -0.2) is 0 Å². The van der Waals surface area contributed by atoms with Gasteiger partial charge >= 0.3 is 0 Å². The van der Waals surface area contributed by atoms with E-state index in [9.17, 15) is 4.79 Å². The van der Waals surface area contributed by atoms with E-state index in [1.807, 2.05) is 0 Å². The normalized spacial score (nSPS) is 35.1. The number of benzene rings is 1. The van der Waals surface area contributed by atoms with E-state index in [1.165, 1.54) is 7.11 Å². The fraction of sp³-hybridized carbons (Fsp3) is 0.632. The van der Waals surface area contributed by atoms with Crippen molar-refractivity contribution in [3.8, 4) is 5.75 Å². The lowest BCUT2D eigenvalue weighted by Crippen LogP contribution is -2.58. The summed E-state index contributed by atoms with van der Waals surface area (Å²) in [4.78, 5) is 13.1. The molecule has 0 aromatic heterocycles. The first-order valence-corrected chi connectivity index (χ1v) is 9.47. The zero-order valence-electron chi connectivity index (χ0n) is 16.4. The van der Waals surface area contributed by atoms with Gasteiger partial charge in [0.05, 0.1) is 12.8 Å². The molecular formula is C19H24ClNO7. The number of ether oxygens (including phenoxy) is 6. The Bertz CT molecular complexity index is 784. The number of carbonyl (C=O) groups excluding carboxylic acids is 1. The molecule has 0 saturated carbocycles. The van der Waals surface area contributed by atoms with E-state index in [4.69, 9.17) is 40.0 Å². The molecule has 1 amide bonds. The SMILES string of the molecule is COc1ccc(Cl)cc1NC(=O)[C@H]1O[C@H]2OC(C)(C)O[C@@H]2[C@@H]2OC(C)(C)O[C@@H]21. The predicted molar refractivity (Wildman–Crippen MR) is 99.2 cm³/mol. The standard InChI is InChI=1S/C19H24ClNO7/c1-18(2)25-12-13(26-18)15-17(28-19(3,4)27-15)24-14(12)16(22)21-10-8-9(20)6-7-11(10)23-5/h6-8,12-15,17H,1-5H3,(H,21,22)/t12-,13+,14-,15+,17-/m0/s1. The van der Waals surface area contributed by atoms with Crippen LogP contribution in [0.2, 0.25) is 5.02 Å². The van der Waals surface area contributed by atoms with Gasteiger partial charge < -0.3 is 33.7 Å². The minimum absolute atomic E-state index is 0.413. The number of rotatable bonds is 3. The van der Waals surface area contributed by atoms with Crippen LogP contribution in [-0.2, 0) is 28.5 Å². The summed E-state index contributed by atoms with van der Waals surface area (Å²) < 4.78 is 35.0. The summed E-state index contributed by atoms with van der Waals surface area (Å²) in [5.41, 5.74) is 0.435. The molecule has 1 aromatic rings. The maximum absolute atomic E-state index is 13.1. The first-order valence-electron chi connectivity index (χ1n) is 9.10. The van der Waals surface area contributed by atoms with Gasteiger partial charge in [-0.1, -0.05) is 11.6 Å². The van der Waals surface area contributed by atoms with Crippen LogP contribution in [0.15, 0.2) is 18.2 Å². The highest BCUT2D eigenvalue weighted by molar-refractivity contribution is 6.31. The number of halogens is 1. The highest BCUT2D eigenvalue weighted by Crippen LogP contribution is 2.44. The Morgan fingerprint density at radius 3 is 2.39 bits per heavy atom. The van der Waals surface area contributed by atoms with Crippen LogP contribution in [0.5, 0.6) is 5.75 Å². The van der Waals surface area contributed by atoms with Crippen molar-refractivity contribution >= 4 is 23.2 Å². The summed E-state index contributed by atoms with van der Waals surface area (Å²) in [5.74, 6) is -1.66. The molecule has 9 heteroatoms. The molecular weight excluding hydrogens is 390 g/mol. The molecule has 8 nitrogen and oxygen atoms in total. The molecule has 3 fully saturated rings. The average Bonchev–Trinajstić information content (AvgIpc) is 3.08. The smallest absolute Gasteiger partial charge is 0.256 e. The number of nitrogens with one attached hydrogen (secondary N) is 1. The van der Waals surface area contributed by atoms with Gasteiger partial charge in [0.2, 0.25) is 0 Å². The van der Waals surface area contributed by atoms with E-state index >= 15 is 0 Å². The summed E-state index contributed by atoms with van der Waals surface area (Å²) in [7, 11) is 1.51. The number of carbonyl (C=O) groups is 1. The van der Waals surface area contributed by atoms with E-state index in [0.29, 0.717) is 16.5 Å². The third-order valence-corrected chi connectivity index (χ3v) is 5.07. The minimum atomic E-state index is -0.964. The Kier molecular flexibility index (Phi) is 4.85. The molecule has 28 heavy (non-hydrogen) atoms. The lowest BCUT2D eigenvalue weighted by atomic mass is 9.98. The molecule has 1 aromatic carbocycles. The molecule has 0 bridgehead atoms. The third-order valence-electron chi connectivity index (χ3n) is 4.83. The van der Waals surface area contributed by atoms with Crippen LogP contribution in [0.4, 0.5) is 5.69 Å². The van der Waals surface area contributed by atoms with Gasteiger partial charge in [0.1, 0.15) is 24.1 Å². The Hall–Kier alpha value is -1.42. The highest BCUT2D eigenvalue weighted by Gasteiger charge is 2.62. The van der Waals surface area contributed by atoms with E-state index in [-0.39, 0.29) is 0 Å². The molecule has 154 valence electrons. The quantitative estimate of drug-likeness (QED) is 0.815. The highest BCUT2D eigenvalue weighted by atomic mass is 35.5. The van der Waals surface area contributed by atoms with Crippen LogP contribution in [0.1, 0.15) is 27.7 Å². The average molecular weight is 414 g/mol. The van der Waals surface area contributed by atoms with Crippen molar-refractivity contribution in [3.05, 3.63) is 23.2 Å². The maximum atomic E-state index is 13.1. The number of fused-ring (bicyclic) bond motifs is 3. The molecule has 0 radical (unpaired) electrons. The number of amides is 1. The van der Waals surface area contributed by atoms with Gasteiger partial charge in [-0.15, -0.1) is 0 Å². The Morgan fingerprint density at radius 2 is 1.68 bits per heavy atom. The van der Waals surface area contributed by atoms with E-state index in [0.717, 1.165) is 0 Å². The van der Waals surface area contributed by atoms with Crippen LogP contribution in [0.25, 0.3) is 0 Å². The van der Waals surface area contributed by atoms with Crippen molar-refractivity contribution in [1.29, 1.82) is 0 Å². The maximum Gasteiger partial charge on any atom is 0.256 e. The minimum Gasteiger partial charge on any atom is -0.495 e. The fourth-order valence-corrected chi connectivity index (χ4v) is 3.98. The monoisotopic (exact) mass is 413 g/mol. The molecule has 5 atom stereocenters. The molecule has 1 N–H and O–H groups in total. The van der Waals surface area contributed by atoms with E-state index in [1.54, 1.807) is 45.9 Å². The van der Waals surface area contributed by atoms with Crippen LogP contribution in [0.3, 0.4) is 0 Å². The van der Waals surface area contributed by atoms with Gasteiger partial charge in [-0.05, 0) is 45.9 Å². The van der Waals surface area contributed by atoms with Crippen molar-refractivity contribution in [3.63, 3.8) is 0 Å². The Balaban J connectivity index is 1.60. The van der Waals surface area contributed by atoms with Gasteiger partial charge in [0, 0.05) is 5.02 Å². The van der Waals surface area contributed by atoms with Crippen molar-refractivity contribution in [2.24, 2.45) is 0 Å². The van der Waals surface area contributed by atoms with Crippen molar-refractivity contribution in [2.75, 3.05) is 12.4 Å². The number of anilines is 1. The second-order valence-electron chi connectivity index (χ2n) is 7.92. The predicted octanol–water partition coefficient (Wildman–Crippen LogP) is 2.68. The lowest BCUT2D eigenvalue weighted by Gasteiger charge is -2.36. The number of hydrogen-bond acceptors (Lipinski definition) is 7. The molecule has 0 aliphatic carbocycles. The molecule has 3 aliphatic heterocycles. The Labute approximate surface area is 168 Å². The second kappa shape index (κ2) is 6.83. The summed E-state index contributed by atoms with van der Waals surface area (Å²) in [6, 6.07) is 4.96. The second-order valence-corrected chi connectivity index (χ2v) is 8.36. The van der Waals surface area contributed by atoms with Gasteiger partial charge in [-0.3, -0.25) is 4.79 Å². The van der Waals surface area contributed by atoms with E-state index < -0.39 is 48.2 Å². The number of methoxy groups -OCH3 is 1. The summed E-state index contributed by atoms with van der Waals surface area (Å²) >= 11 is 6.05. The first kappa shape index (κ1) is 19.9. The molecule has 4 rings (SSSR count). The zero-order valence-corrected chi connectivity index (χ0v) is 17.1. The Morgan fingerprint density at radius 1 is 1.04 bits per heavy atom. The van der Waals surface area contributed by atoms with Gasteiger partial charge in [0.25, 0.3) is 5.91 Å². The van der Waals surface area contributed by atoms with Crippen LogP contribution in [-0.4, -0.2) is 55.3 Å². The van der Waals surface area contributed by atoms with Crippen molar-refractivity contribution in [2.45, 2.75) is 70.0 Å². The summed E-state index contributed by atoms with van der Waals surface area (Å²) in [5, 5.41) is 3.27.